The summed E-state index contributed by atoms with van der Waals surface area (Å²) >= 11 is 0. The van der Waals surface area contributed by atoms with Gasteiger partial charge in [0.05, 0.1) is 31.6 Å². The van der Waals surface area contributed by atoms with E-state index in [9.17, 15) is 27.4 Å². The molecule has 17 nitrogen and oxygen atoms in total. The third-order valence-corrected chi connectivity index (χ3v) is 8.22. The maximum atomic E-state index is 12.1. The summed E-state index contributed by atoms with van der Waals surface area (Å²) in [5.74, 6) is 0.576. The molecule has 4 N–H and O–H groups in total. The molecule has 18 heteroatoms. The highest BCUT2D eigenvalue weighted by Gasteiger charge is 2.23. The third kappa shape index (κ3) is 25.5. The Bertz CT molecular complexity index is 1740. The van der Waals surface area contributed by atoms with Crippen molar-refractivity contribution in [1.82, 2.24) is 15.3 Å². The Labute approximate surface area is 349 Å². The normalized spacial score (nSPS) is 12.7. The Morgan fingerprint density at radius 2 is 1.22 bits per heavy atom. The van der Waals surface area contributed by atoms with E-state index in [1.165, 1.54) is 26.4 Å². The standard InChI is InChI=1S/C17H28N2O4.C13H20N2O3.C7H8O3S.C4H8O3/c1-12(21-5)10-18-14(9-16(20)23-17(2,3)4)13-7-8-15(22-6)19-11-13;1-13(2,3)18-12(16)7-10(14)9-5-6-11(17-4)15-8-9;1-6-2-4-7(5-3-6)11(8,9)10;1-6-4(3-5)7-2/h7-8,11-12,14,18H,9-10H2,1-6H3;5-6,8,10H,7,14H2,1-4H3;2-5H,1H3,(H,8,9,10);3-4H,1-2H3. The predicted molar refractivity (Wildman–Crippen MR) is 218 cm³/mol. The quantitative estimate of drug-likeness (QED) is 0.0884. The van der Waals surface area contributed by atoms with Crippen molar-refractivity contribution >= 4 is 28.3 Å². The number of rotatable bonds is 16. The molecule has 0 saturated carbocycles. The van der Waals surface area contributed by atoms with Crippen LogP contribution in [-0.4, -0.2) is 107 Å². The Kier molecular flexibility index (Phi) is 25.1. The first-order valence-corrected chi connectivity index (χ1v) is 19.9. The van der Waals surface area contributed by atoms with Crippen molar-refractivity contribution in [2.24, 2.45) is 0 Å². The van der Waals surface area contributed by atoms with Gasteiger partial charge in [0, 0.05) is 64.0 Å². The molecule has 0 bridgehead atoms. The first-order valence-electron chi connectivity index (χ1n) is 18.5. The molecule has 0 aliphatic rings. The molecule has 0 aliphatic heterocycles. The summed E-state index contributed by atoms with van der Waals surface area (Å²) in [5.41, 5.74) is 5.71. The van der Waals surface area contributed by atoms with Gasteiger partial charge in [-0.1, -0.05) is 23.8 Å². The molecule has 0 spiro atoms. The number of carbonyl (C=O) groups is 3. The first-order chi connectivity index (χ1) is 27.4. The number of nitrogens with one attached hydrogen (secondary N) is 1. The SMILES string of the molecule is COC(C=O)OC.COc1ccc(C(CC(=O)OC(C)(C)C)NCC(C)OC)cn1.COc1ccc(C([NH3+])CC(=O)OC(C)(C)C)cn1.Cc1ccc(S(=O)(=O)[O-])cc1. The van der Waals surface area contributed by atoms with Crippen LogP contribution in [0, 0.1) is 6.92 Å². The molecule has 0 amide bonds. The molecule has 59 heavy (non-hydrogen) atoms. The molecule has 2 heterocycles. The molecule has 332 valence electrons. The molecule has 0 saturated heterocycles. The molecule has 2 aromatic heterocycles. The van der Waals surface area contributed by atoms with Gasteiger partial charge in [-0.15, -0.1) is 0 Å². The van der Waals surface area contributed by atoms with Crippen LogP contribution in [-0.2, 0) is 48.2 Å². The molecule has 3 aromatic rings. The zero-order valence-corrected chi connectivity index (χ0v) is 37.4. The number of quaternary nitrogens is 1. The minimum Gasteiger partial charge on any atom is -0.744 e. The average molecular weight is 853 g/mol. The van der Waals surface area contributed by atoms with Gasteiger partial charge in [-0.25, -0.2) is 18.4 Å². The minimum atomic E-state index is -4.27. The van der Waals surface area contributed by atoms with Crippen LogP contribution in [0.15, 0.2) is 65.8 Å². The smallest absolute Gasteiger partial charge is 0.312 e. The van der Waals surface area contributed by atoms with Crippen molar-refractivity contribution in [3.8, 4) is 11.8 Å². The number of nitrogens with zero attached hydrogens (tertiary/aromatic N) is 2. The maximum absolute atomic E-state index is 12.1. The van der Waals surface area contributed by atoms with Crippen LogP contribution in [0.1, 0.15) is 90.1 Å². The minimum absolute atomic E-state index is 0.0438. The van der Waals surface area contributed by atoms with Crippen molar-refractivity contribution < 1.29 is 66.2 Å². The van der Waals surface area contributed by atoms with Crippen molar-refractivity contribution in [2.75, 3.05) is 42.1 Å². The zero-order chi connectivity index (χ0) is 45.4. The van der Waals surface area contributed by atoms with Gasteiger partial charge in [0.15, 0.2) is 6.29 Å². The van der Waals surface area contributed by atoms with Gasteiger partial charge in [0.2, 0.25) is 18.1 Å². The van der Waals surface area contributed by atoms with Crippen molar-refractivity contribution in [1.29, 1.82) is 0 Å². The molecule has 1 aromatic carbocycles. The lowest BCUT2D eigenvalue weighted by Crippen LogP contribution is -2.54. The summed E-state index contributed by atoms with van der Waals surface area (Å²) in [5, 5.41) is 3.33. The number of pyridine rings is 2. The van der Waals surface area contributed by atoms with Crippen LogP contribution in [0.4, 0.5) is 0 Å². The highest BCUT2D eigenvalue weighted by Crippen LogP contribution is 2.21. The summed E-state index contributed by atoms with van der Waals surface area (Å²) in [6.07, 6.45) is 3.77. The number of benzene rings is 1. The maximum Gasteiger partial charge on any atom is 0.312 e. The van der Waals surface area contributed by atoms with E-state index in [0.29, 0.717) is 24.6 Å². The largest absolute Gasteiger partial charge is 0.744 e. The number of hydrogen-bond donors (Lipinski definition) is 2. The second-order valence-corrected chi connectivity index (χ2v) is 16.2. The number of methoxy groups -OCH3 is 5. The lowest BCUT2D eigenvalue weighted by Gasteiger charge is -2.24. The van der Waals surface area contributed by atoms with E-state index in [4.69, 9.17) is 23.7 Å². The van der Waals surface area contributed by atoms with Gasteiger partial charge in [-0.3, -0.25) is 14.4 Å². The second kappa shape index (κ2) is 27.2. The molecule has 0 radical (unpaired) electrons. The van der Waals surface area contributed by atoms with Crippen LogP contribution >= 0.6 is 0 Å². The molecule has 3 rings (SSSR count). The van der Waals surface area contributed by atoms with Gasteiger partial charge >= 0.3 is 11.9 Å². The summed E-state index contributed by atoms with van der Waals surface area (Å²) in [6, 6.07) is 12.7. The number of aromatic nitrogens is 2. The summed E-state index contributed by atoms with van der Waals surface area (Å²) < 4.78 is 66.0. The van der Waals surface area contributed by atoms with Gasteiger partial charge in [-0.05, 0) is 79.2 Å². The zero-order valence-electron chi connectivity index (χ0n) is 36.6. The number of hydrogen-bond acceptors (Lipinski definition) is 16. The van der Waals surface area contributed by atoms with E-state index in [-0.39, 0.29) is 47.9 Å². The van der Waals surface area contributed by atoms with E-state index < -0.39 is 27.6 Å². The lowest BCUT2D eigenvalue weighted by atomic mass is 10.1. The summed E-state index contributed by atoms with van der Waals surface area (Å²) in [6.45, 7) is 15.5. The Hall–Kier alpha value is -4.56. The molecule has 0 aliphatic carbocycles. The van der Waals surface area contributed by atoms with Gasteiger partial charge in [0.1, 0.15) is 33.8 Å². The van der Waals surface area contributed by atoms with Crippen LogP contribution in [0.2, 0.25) is 0 Å². The average Bonchev–Trinajstić information content (AvgIpc) is 3.16. The number of carbonyl (C=O) groups excluding carboxylic acids is 3. The van der Waals surface area contributed by atoms with Gasteiger partial charge in [-0.2, -0.15) is 0 Å². The van der Waals surface area contributed by atoms with E-state index >= 15 is 0 Å². The van der Waals surface area contributed by atoms with E-state index in [1.807, 2.05) is 67.5 Å². The first kappa shape index (κ1) is 54.4. The summed E-state index contributed by atoms with van der Waals surface area (Å²) in [4.78, 5) is 41.6. The van der Waals surface area contributed by atoms with Crippen LogP contribution in [0.25, 0.3) is 0 Å². The second-order valence-electron chi connectivity index (χ2n) is 14.8. The fourth-order valence-electron chi connectivity index (χ4n) is 4.34. The highest BCUT2D eigenvalue weighted by molar-refractivity contribution is 7.85. The Balaban J connectivity index is 0.000000825. The van der Waals surface area contributed by atoms with Crippen LogP contribution in [0.5, 0.6) is 11.8 Å². The van der Waals surface area contributed by atoms with Crippen molar-refractivity contribution in [2.45, 2.75) is 109 Å². The Morgan fingerprint density at radius 1 is 0.763 bits per heavy atom. The molecule has 0 fully saturated rings. The number of aldehydes is 1. The number of ether oxygens (including phenoxy) is 7. The van der Waals surface area contributed by atoms with Crippen molar-refractivity contribution in [3.05, 3.63) is 77.6 Å². The molecular weight excluding hydrogens is 789 g/mol. The highest BCUT2D eigenvalue weighted by atomic mass is 32.2. The van der Waals surface area contributed by atoms with Gasteiger partial charge < -0.3 is 48.8 Å². The fourth-order valence-corrected chi connectivity index (χ4v) is 4.81. The van der Waals surface area contributed by atoms with E-state index in [2.05, 4.69) is 30.5 Å². The third-order valence-electron chi connectivity index (χ3n) is 7.37. The van der Waals surface area contributed by atoms with E-state index in [0.717, 1.165) is 16.7 Å². The number of aryl methyl sites for hydroxylation is 1. The monoisotopic (exact) mass is 852 g/mol. The van der Waals surface area contributed by atoms with Crippen LogP contribution < -0.4 is 20.5 Å². The summed E-state index contributed by atoms with van der Waals surface area (Å²) in [7, 11) is 3.33. The van der Waals surface area contributed by atoms with Crippen LogP contribution in [0.3, 0.4) is 0 Å². The molecular formula is C41H64N4O13S. The topological polar surface area (TPSA) is 238 Å². The number of esters is 2. The molecule has 3 atom stereocenters. The Morgan fingerprint density at radius 3 is 1.56 bits per heavy atom. The van der Waals surface area contributed by atoms with Gasteiger partial charge in [0.25, 0.3) is 0 Å². The fraction of sp³-hybridized carbons (Fsp3) is 0.537. The van der Waals surface area contributed by atoms with Crippen molar-refractivity contribution in [3.63, 3.8) is 0 Å². The molecule has 3 unspecified atom stereocenters. The predicted octanol–water partition coefficient (Wildman–Crippen LogP) is 4.30. The van der Waals surface area contributed by atoms with E-state index in [1.54, 1.807) is 58.0 Å². The lowest BCUT2D eigenvalue weighted by molar-refractivity contribution is -0.426.